The minimum absolute atomic E-state index is 0.0833. The van der Waals surface area contributed by atoms with Gasteiger partial charge in [-0.2, -0.15) is 0 Å². The Kier molecular flexibility index (Phi) is 4.19. The molecule has 128 valence electrons. The zero-order chi connectivity index (χ0) is 17.2. The molecule has 1 aliphatic heterocycles. The minimum Gasteiger partial charge on any atom is -0.376 e. The van der Waals surface area contributed by atoms with Crippen LogP contribution in [0.1, 0.15) is 19.8 Å². The molecule has 6 heteroatoms. The number of aromatic nitrogens is 3. The van der Waals surface area contributed by atoms with Gasteiger partial charge in [0.2, 0.25) is 5.91 Å². The minimum atomic E-state index is -0.0833. The highest BCUT2D eigenvalue weighted by Gasteiger charge is 2.18. The molecule has 0 bridgehead atoms. The van der Waals surface area contributed by atoms with Gasteiger partial charge in [0.25, 0.3) is 0 Å². The van der Waals surface area contributed by atoms with E-state index in [-0.39, 0.29) is 12.0 Å². The lowest BCUT2D eigenvalue weighted by molar-refractivity contribution is -0.114. The van der Waals surface area contributed by atoms with Crippen LogP contribution < -0.4 is 5.32 Å². The van der Waals surface area contributed by atoms with E-state index in [0.29, 0.717) is 0 Å². The van der Waals surface area contributed by atoms with Gasteiger partial charge in [-0.1, -0.05) is 6.07 Å². The summed E-state index contributed by atoms with van der Waals surface area (Å²) in [5.41, 5.74) is 2.48. The number of ether oxygens (including phenoxy) is 1. The lowest BCUT2D eigenvalue weighted by Crippen LogP contribution is -2.15. The predicted molar refractivity (Wildman–Crippen MR) is 96.2 cm³/mol. The molecular weight excluding hydrogens is 316 g/mol. The Morgan fingerprint density at radius 3 is 3.08 bits per heavy atom. The number of rotatable bonds is 4. The van der Waals surface area contributed by atoms with Gasteiger partial charge < -0.3 is 14.6 Å². The summed E-state index contributed by atoms with van der Waals surface area (Å²) in [7, 11) is 0. The smallest absolute Gasteiger partial charge is 0.221 e. The van der Waals surface area contributed by atoms with Crippen LogP contribution in [-0.2, 0) is 16.1 Å². The Bertz CT molecular complexity index is 913. The number of nitrogens with one attached hydrogen (secondary N) is 1. The number of fused-ring (bicyclic) bond motifs is 1. The summed E-state index contributed by atoms with van der Waals surface area (Å²) in [5, 5.41) is 3.77. The second-order valence-electron chi connectivity index (χ2n) is 6.32. The Labute approximate surface area is 145 Å². The molecule has 1 atom stereocenters. The van der Waals surface area contributed by atoms with Gasteiger partial charge in [-0.3, -0.25) is 4.79 Å². The Balaban J connectivity index is 1.63. The van der Waals surface area contributed by atoms with E-state index in [4.69, 9.17) is 9.72 Å². The quantitative estimate of drug-likeness (QED) is 0.794. The van der Waals surface area contributed by atoms with Crippen LogP contribution in [-0.4, -0.2) is 33.2 Å². The van der Waals surface area contributed by atoms with E-state index >= 15 is 0 Å². The molecule has 1 saturated heterocycles. The molecule has 3 heterocycles. The van der Waals surface area contributed by atoms with Crippen molar-refractivity contribution in [3.8, 4) is 11.5 Å². The van der Waals surface area contributed by atoms with E-state index in [1.165, 1.54) is 6.92 Å². The van der Waals surface area contributed by atoms with Gasteiger partial charge in [0, 0.05) is 37.0 Å². The summed E-state index contributed by atoms with van der Waals surface area (Å²) in [6.07, 6.45) is 6.25. The maximum atomic E-state index is 11.2. The standard InChI is InChI=1S/C19H20N4O2/c1-13(24)21-15-5-7-17-14(11-15)4-6-18(22-17)19-20-8-9-23(19)12-16-3-2-10-25-16/h4-9,11,16H,2-3,10,12H2,1H3,(H,21,24)/t16-/m0/s1. The molecule has 0 saturated carbocycles. The second kappa shape index (κ2) is 6.64. The van der Waals surface area contributed by atoms with Crippen molar-refractivity contribution in [2.75, 3.05) is 11.9 Å². The number of carbonyl (C=O) groups is 1. The fraction of sp³-hybridized carbons (Fsp3) is 0.316. The van der Waals surface area contributed by atoms with Crippen LogP contribution in [0.3, 0.4) is 0 Å². The topological polar surface area (TPSA) is 69.0 Å². The Morgan fingerprint density at radius 1 is 1.36 bits per heavy atom. The van der Waals surface area contributed by atoms with Gasteiger partial charge in [0.15, 0.2) is 5.82 Å². The van der Waals surface area contributed by atoms with Crippen molar-refractivity contribution >= 4 is 22.5 Å². The van der Waals surface area contributed by atoms with Gasteiger partial charge in [0.1, 0.15) is 5.69 Å². The van der Waals surface area contributed by atoms with E-state index in [0.717, 1.165) is 54.1 Å². The molecule has 4 rings (SSSR count). The predicted octanol–water partition coefficient (Wildman–Crippen LogP) is 3.24. The molecule has 2 aromatic heterocycles. The summed E-state index contributed by atoms with van der Waals surface area (Å²) < 4.78 is 7.84. The number of imidazole rings is 1. The van der Waals surface area contributed by atoms with Crippen molar-refractivity contribution in [3.63, 3.8) is 0 Å². The van der Waals surface area contributed by atoms with E-state index in [1.54, 1.807) is 6.20 Å². The van der Waals surface area contributed by atoms with Crippen LogP contribution in [0.2, 0.25) is 0 Å². The molecule has 3 aromatic rings. The summed E-state index contributed by atoms with van der Waals surface area (Å²) >= 11 is 0. The zero-order valence-electron chi connectivity index (χ0n) is 14.1. The van der Waals surface area contributed by atoms with Gasteiger partial charge in [-0.25, -0.2) is 9.97 Å². The third kappa shape index (κ3) is 3.39. The highest BCUT2D eigenvalue weighted by molar-refractivity contribution is 5.92. The number of amides is 1. The normalized spacial score (nSPS) is 17.1. The average molecular weight is 336 g/mol. The highest BCUT2D eigenvalue weighted by Crippen LogP contribution is 2.24. The number of pyridine rings is 1. The Hall–Kier alpha value is -2.73. The molecular formula is C19H20N4O2. The van der Waals surface area contributed by atoms with Crippen LogP contribution >= 0.6 is 0 Å². The van der Waals surface area contributed by atoms with Crippen LogP contribution in [0.4, 0.5) is 5.69 Å². The third-order valence-corrected chi connectivity index (χ3v) is 4.38. The number of hydrogen-bond donors (Lipinski definition) is 1. The first-order chi connectivity index (χ1) is 12.2. The van der Waals surface area contributed by atoms with Crippen LogP contribution in [0, 0.1) is 0 Å². The monoisotopic (exact) mass is 336 g/mol. The zero-order valence-corrected chi connectivity index (χ0v) is 14.1. The molecule has 1 aromatic carbocycles. The molecule has 25 heavy (non-hydrogen) atoms. The van der Waals surface area contributed by atoms with E-state index in [9.17, 15) is 4.79 Å². The lowest BCUT2D eigenvalue weighted by Gasteiger charge is -2.13. The molecule has 0 unspecified atom stereocenters. The van der Waals surface area contributed by atoms with Gasteiger partial charge >= 0.3 is 0 Å². The first-order valence-corrected chi connectivity index (χ1v) is 8.50. The van der Waals surface area contributed by atoms with Crippen molar-refractivity contribution in [2.45, 2.75) is 32.4 Å². The maximum absolute atomic E-state index is 11.2. The summed E-state index contributed by atoms with van der Waals surface area (Å²) in [6, 6.07) is 9.67. The maximum Gasteiger partial charge on any atom is 0.221 e. The molecule has 1 aliphatic rings. The van der Waals surface area contributed by atoms with E-state index < -0.39 is 0 Å². The number of nitrogens with zero attached hydrogens (tertiary/aromatic N) is 3. The summed E-state index contributed by atoms with van der Waals surface area (Å²) in [5.74, 6) is 0.767. The highest BCUT2D eigenvalue weighted by atomic mass is 16.5. The fourth-order valence-electron chi connectivity index (χ4n) is 3.23. The van der Waals surface area contributed by atoms with Crippen LogP contribution in [0.15, 0.2) is 42.7 Å². The molecule has 0 aliphatic carbocycles. The molecule has 0 radical (unpaired) electrons. The number of benzene rings is 1. The van der Waals surface area contributed by atoms with E-state index in [2.05, 4.69) is 14.9 Å². The number of anilines is 1. The first-order valence-electron chi connectivity index (χ1n) is 8.50. The van der Waals surface area contributed by atoms with Crippen molar-refractivity contribution in [1.82, 2.24) is 14.5 Å². The number of hydrogen-bond acceptors (Lipinski definition) is 4. The molecule has 1 fully saturated rings. The third-order valence-electron chi connectivity index (χ3n) is 4.38. The fourth-order valence-corrected chi connectivity index (χ4v) is 3.23. The van der Waals surface area contributed by atoms with Crippen LogP contribution in [0.5, 0.6) is 0 Å². The molecule has 1 N–H and O–H groups in total. The average Bonchev–Trinajstić information content (AvgIpc) is 3.26. The van der Waals surface area contributed by atoms with Crippen molar-refractivity contribution in [3.05, 3.63) is 42.7 Å². The first kappa shape index (κ1) is 15.8. The van der Waals surface area contributed by atoms with Gasteiger partial charge in [0.05, 0.1) is 18.2 Å². The van der Waals surface area contributed by atoms with Gasteiger partial charge in [-0.15, -0.1) is 0 Å². The Morgan fingerprint density at radius 2 is 2.28 bits per heavy atom. The summed E-state index contributed by atoms with van der Waals surface area (Å²) in [6.45, 7) is 3.15. The van der Waals surface area contributed by atoms with Crippen molar-refractivity contribution < 1.29 is 9.53 Å². The number of carbonyl (C=O) groups excluding carboxylic acids is 1. The molecule has 0 spiro atoms. The second-order valence-corrected chi connectivity index (χ2v) is 6.32. The van der Waals surface area contributed by atoms with Crippen LogP contribution in [0.25, 0.3) is 22.4 Å². The largest absolute Gasteiger partial charge is 0.376 e. The molecule has 1 amide bonds. The van der Waals surface area contributed by atoms with Gasteiger partial charge in [-0.05, 0) is 37.1 Å². The van der Waals surface area contributed by atoms with Crippen molar-refractivity contribution in [1.29, 1.82) is 0 Å². The lowest BCUT2D eigenvalue weighted by atomic mass is 10.1. The molecule has 6 nitrogen and oxygen atoms in total. The summed E-state index contributed by atoms with van der Waals surface area (Å²) in [4.78, 5) is 20.4. The van der Waals surface area contributed by atoms with E-state index in [1.807, 2.05) is 36.5 Å². The van der Waals surface area contributed by atoms with Crippen molar-refractivity contribution in [2.24, 2.45) is 0 Å². The SMILES string of the molecule is CC(=O)Nc1ccc2nc(-c3nccn3C[C@@H]3CCCO3)ccc2c1.